The molecule has 2 aromatic rings. The molecule has 0 spiro atoms. The van der Waals surface area contributed by atoms with Crippen LogP contribution in [0.4, 0.5) is 0 Å². The van der Waals surface area contributed by atoms with Crippen molar-refractivity contribution in [3.8, 4) is 0 Å². The Bertz CT molecular complexity index is 369. The highest BCUT2D eigenvalue weighted by atomic mass is 32.1. The molecule has 0 aliphatic carbocycles. The molecule has 1 atom stereocenters. The molecule has 0 fully saturated rings. The molecule has 0 amide bonds. The summed E-state index contributed by atoms with van der Waals surface area (Å²) in [5.41, 5.74) is 7.30. The molecule has 2 rings (SSSR count). The molecule has 3 heteroatoms. The molecule has 0 saturated heterocycles. The lowest BCUT2D eigenvalue weighted by atomic mass is 10.1. The quantitative estimate of drug-likeness (QED) is 0.833. The van der Waals surface area contributed by atoms with E-state index in [-0.39, 0.29) is 6.04 Å². The minimum absolute atomic E-state index is 0.109. The van der Waals surface area contributed by atoms with Gasteiger partial charge in [0, 0.05) is 23.3 Å². The van der Waals surface area contributed by atoms with Crippen LogP contribution < -0.4 is 5.73 Å². The van der Waals surface area contributed by atoms with Gasteiger partial charge in [-0.3, -0.25) is 4.98 Å². The van der Waals surface area contributed by atoms with Gasteiger partial charge in [0.05, 0.1) is 0 Å². The lowest BCUT2D eigenvalue weighted by Crippen LogP contribution is -2.11. The summed E-state index contributed by atoms with van der Waals surface area (Å²) in [6.45, 7) is 0. The second kappa shape index (κ2) is 4.35. The number of nitrogens with two attached hydrogens (primary N) is 1. The monoisotopic (exact) mass is 204 g/mol. The van der Waals surface area contributed by atoms with Crippen molar-refractivity contribution in [2.45, 2.75) is 12.5 Å². The van der Waals surface area contributed by atoms with Crippen LogP contribution in [-0.4, -0.2) is 4.98 Å². The van der Waals surface area contributed by atoms with Crippen LogP contribution in [0.5, 0.6) is 0 Å². The number of rotatable bonds is 3. The Hall–Kier alpha value is -1.19. The van der Waals surface area contributed by atoms with Crippen molar-refractivity contribution >= 4 is 11.3 Å². The van der Waals surface area contributed by atoms with E-state index in [4.69, 9.17) is 5.73 Å². The fourth-order valence-electron chi connectivity index (χ4n) is 1.38. The van der Waals surface area contributed by atoms with Crippen molar-refractivity contribution in [1.82, 2.24) is 4.98 Å². The van der Waals surface area contributed by atoms with Crippen LogP contribution in [-0.2, 0) is 6.42 Å². The Morgan fingerprint density at radius 1 is 1.29 bits per heavy atom. The fraction of sp³-hybridized carbons (Fsp3) is 0.182. The smallest absolute Gasteiger partial charge is 0.0430 e. The van der Waals surface area contributed by atoms with Gasteiger partial charge in [-0.05, 0) is 35.6 Å². The highest BCUT2D eigenvalue weighted by Crippen LogP contribution is 2.20. The van der Waals surface area contributed by atoms with Gasteiger partial charge in [-0.15, -0.1) is 11.3 Å². The lowest BCUT2D eigenvalue weighted by Gasteiger charge is -2.08. The van der Waals surface area contributed by atoms with Crippen LogP contribution in [0.25, 0.3) is 0 Å². The van der Waals surface area contributed by atoms with Crippen LogP contribution >= 0.6 is 11.3 Å². The van der Waals surface area contributed by atoms with E-state index in [1.807, 2.05) is 18.2 Å². The van der Waals surface area contributed by atoms with Crippen LogP contribution in [0.15, 0.2) is 42.0 Å². The Kier molecular flexibility index (Phi) is 2.91. The van der Waals surface area contributed by atoms with E-state index in [1.54, 1.807) is 23.7 Å². The van der Waals surface area contributed by atoms with Gasteiger partial charge in [-0.2, -0.15) is 0 Å². The second-order valence-corrected chi connectivity index (χ2v) is 4.16. The van der Waals surface area contributed by atoms with E-state index in [9.17, 15) is 0 Å². The molecule has 2 aromatic heterocycles. The van der Waals surface area contributed by atoms with E-state index in [2.05, 4.69) is 16.4 Å². The molecular formula is C11H12N2S. The molecule has 14 heavy (non-hydrogen) atoms. The Labute approximate surface area is 87.4 Å². The summed E-state index contributed by atoms with van der Waals surface area (Å²) in [4.78, 5) is 5.21. The molecule has 2 nitrogen and oxygen atoms in total. The topological polar surface area (TPSA) is 38.9 Å². The summed E-state index contributed by atoms with van der Waals surface area (Å²) in [5, 5.41) is 2.06. The zero-order chi connectivity index (χ0) is 9.80. The van der Waals surface area contributed by atoms with E-state index in [0.717, 1.165) is 6.42 Å². The molecule has 0 aliphatic heterocycles. The molecule has 0 aromatic carbocycles. The van der Waals surface area contributed by atoms with Gasteiger partial charge in [-0.25, -0.2) is 0 Å². The molecule has 2 heterocycles. The summed E-state index contributed by atoms with van der Waals surface area (Å²) in [6, 6.07) is 8.24. The summed E-state index contributed by atoms with van der Waals surface area (Å²) >= 11 is 1.71. The van der Waals surface area contributed by atoms with Crippen LogP contribution in [0, 0.1) is 0 Å². The second-order valence-electron chi connectivity index (χ2n) is 3.18. The van der Waals surface area contributed by atoms with Crippen molar-refractivity contribution < 1.29 is 0 Å². The molecule has 0 radical (unpaired) electrons. The number of hydrogen-bond acceptors (Lipinski definition) is 3. The third-order valence-corrected chi connectivity index (χ3v) is 3.12. The first-order valence-corrected chi connectivity index (χ1v) is 5.42. The maximum absolute atomic E-state index is 6.06. The molecule has 0 aliphatic rings. The Morgan fingerprint density at radius 2 is 2.07 bits per heavy atom. The SMILES string of the molecule is NC(Cc1ccncc1)c1cccs1. The van der Waals surface area contributed by atoms with Gasteiger partial charge in [0.1, 0.15) is 0 Å². The van der Waals surface area contributed by atoms with Crippen molar-refractivity contribution in [1.29, 1.82) is 0 Å². The molecule has 0 saturated carbocycles. The van der Waals surface area contributed by atoms with E-state index in [1.165, 1.54) is 10.4 Å². The average Bonchev–Trinajstić information content (AvgIpc) is 2.72. The minimum Gasteiger partial charge on any atom is -0.323 e. The highest BCUT2D eigenvalue weighted by Gasteiger charge is 2.07. The highest BCUT2D eigenvalue weighted by molar-refractivity contribution is 7.10. The molecule has 1 unspecified atom stereocenters. The van der Waals surface area contributed by atoms with Gasteiger partial charge in [0.15, 0.2) is 0 Å². The largest absolute Gasteiger partial charge is 0.323 e. The van der Waals surface area contributed by atoms with Crippen LogP contribution in [0.3, 0.4) is 0 Å². The first kappa shape index (κ1) is 9.37. The molecule has 0 bridgehead atoms. The van der Waals surface area contributed by atoms with E-state index in [0.29, 0.717) is 0 Å². The molecule has 72 valence electrons. The van der Waals surface area contributed by atoms with Crippen LogP contribution in [0.2, 0.25) is 0 Å². The van der Waals surface area contributed by atoms with Gasteiger partial charge in [-0.1, -0.05) is 6.07 Å². The lowest BCUT2D eigenvalue weighted by molar-refractivity contribution is 0.735. The van der Waals surface area contributed by atoms with Gasteiger partial charge >= 0.3 is 0 Å². The number of thiophene rings is 1. The van der Waals surface area contributed by atoms with Gasteiger partial charge in [0.25, 0.3) is 0 Å². The van der Waals surface area contributed by atoms with Crippen molar-refractivity contribution in [3.63, 3.8) is 0 Å². The zero-order valence-electron chi connectivity index (χ0n) is 7.76. The average molecular weight is 204 g/mol. The molecule has 2 N–H and O–H groups in total. The third kappa shape index (κ3) is 2.19. The standard InChI is InChI=1S/C11H12N2S/c12-10(11-2-1-7-14-11)8-9-3-5-13-6-4-9/h1-7,10H,8,12H2. The fourth-order valence-corrected chi connectivity index (χ4v) is 2.11. The minimum atomic E-state index is 0.109. The normalized spacial score (nSPS) is 12.6. The number of pyridine rings is 1. The summed E-state index contributed by atoms with van der Waals surface area (Å²) in [6.07, 6.45) is 4.48. The first-order valence-electron chi connectivity index (χ1n) is 4.54. The Balaban J connectivity index is 2.06. The maximum Gasteiger partial charge on any atom is 0.0430 e. The predicted molar refractivity (Wildman–Crippen MR) is 59.2 cm³/mol. The number of nitrogens with zero attached hydrogens (tertiary/aromatic N) is 1. The van der Waals surface area contributed by atoms with Crippen molar-refractivity contribution in [3.05, 3.63) is 52.5 Å². The summed E-state index contributed by atoms with van der Waals surface area (Å²) in [7, 11) is 0. The predicted octanol–water partition coefficient (Wildman–Crippen LogP) is 2.39. The van der Waals surface area contributed by atoms with E-state index >= 15 is 0 Å². The molecular weight excluding hydrogens is 192 g/mol. The first-order chi connectivity index (χ1) is 6.86. The van der Waals surface area contributed by atoms with Crippen LogP contribution in [0.1, 0.15) is 16.5 Å². The third-order valence-electron chi connectivity index (χ3n) is 2.11. The summed E-state index contributed by atoms with van der Waals surface area (Å²) in [5.74, 6) is 0. The number of hydrogen-bond donors (Lipinski definition) is 1. The maximum atomic E-state index is 6.06. The van der Waals surface area contributed by atoms with Crippen molar-refractivity contribution in [2.24, 2.45) is 5.73 Å². The van der Waals surface area contributed by atoms with Gasteiger partial charge < -0.3 is 5.73 Å². The Morgan fingerprint density at radius 3 is 2.71 bits per heavy atom. The summed E-state index contributed by atoms with van der Waals surface area (Å²) < 4.78 is 0. The number of aromatic nitrogens is 1. The zero-order valence-corrected chi connectivity index (χ0v) is 8.58. The van der Waals surface area contributed by atoms with E-state index < -0.39 is 0 Å². The van der Waals surface area contributed by atoms with Gasteiger partial charge in [0.2, 0.25) is 0 Å². The van der Waals surface area contributed by atoms with Crippen molar-refractivity contribution in [2.75, 3.05) is 0 Å².